The summed E-state index contributed by atoms with van der Waals surface area (Å²) in [6.07, 6.45) is 8.56. The van der Waals surface area contributed by atoms with E-state index in [9.17, 15) is 14.4 Å². The molecule has 0 aromatic heterocycles. The van der Waals surface area contributed by atoms with Crippen LogP contribution in [0.25, 0.3) is 0 Å². The second kappa shape index (κ2) is 27.3. The SMILES string of the molecule is O=C(Cc1ccc(Cl)c(Cl)c1)N1CCN[C@@H]2COC[C@H](N3CCCC3)[C@H]21.O=C(Cc1ccc(Cl)c(Cl)c1)N1CCN[C@H]2COC[C@@H](N3CCCC3)[C@@H]21.O=C(Cc1cccc(Cl)c1)N1CCN[C@@H]2COC[C@H](N3CCCC3)[C@H]21. The Bertz CT molecular complexity index is 2360. The van der Waals surface area contributed by atoms with E-state index < -0.39 is 0 Å². The Balaban J connectivity index is 0.000000131. The van der Waals surface area contributed by atoms with E-state index in [0.29, 0.717) is 83.5 Å². The van der Waals surface area contributed by atoms with E-state index in [0.717, 1.165) is 102 Å². The molecule has 420 valence electrons. The lowest BCUT2D eigenvalue weighted by Crippen LogP contribution is -2.70. The van der Waals surface area contributed by atoms with E-state index in [1.807, 2.05) is 36.4 Å². The molecule has 3 amide bonds. The molecule has 9 fully saturated rings. The molecule has 9 heterocycles. The summed E-state index contributed by atoms with van der Waals surface area (Å²) in [6.45, 7) is 15.5. The highest BCUT2D eigenvalue weighted by Gasteiger charge is 2.48. The van der Waals surface area contributed by atoms with Gasteiger partial charge in [0, 0.05) is 44.3 Å². The van der Waals surface area contributed by atoms with Crippen molar-refractivity contribution in [2.45, 2.75) is 112 Å². The molecule has 77 heavy (non-hydrogen) atoms. The number of hydrogen-bond acceptors (Lipinski definition) is 12. The highest BCUT2D eigenvalue weighted by molar-refractivity contribution is 6.42. The maximum Gasteiger partial charge on any atom is 0.227 e. The zero-order valence-corrected chi connectivity index (χ0v) is 47.9. The van der Waals surface area contributed by atoms with Crippen LogP contribution in [0.3, 0.4) is 0 Å². The van der Waals surface area contributed by atoms with Crippen LogP contribution in [0.4, 0.5) is 0 Å². The van der Waals surface area contributed by atoms with Crippen molar-refractivity contribution in [2.24, 2.45) is 0 Å². The van der Waals surface area contributed by atoms with Crippen molar-refractivity contribution >= 4 is 75.7 Å². The zero-order valence-electron chi connectivity index (χ0n) is 44.1. The van der Waals surface area contributed by atoms with Crippen LogP contribution < -0.4 is 16.0 Å². The fourth-order valence-electron chi connectivity index (χ4n) is 13.5. The minimum absolute atomic E-state index is 0.158. The fraction of sp³-hybridized carbons (Fsp3) is 0.632. The molecule has 0 unspecified atom stereocenters. The van der Waals surface area contributed by atoms with Crippen molar-refractivity contribution < 1.29 is 28.6 Å². The minimum Gasteiger partial charge on any atom is -0.378 e. The van der Waals surface area contributed by atoms with E-state index >= 15 is 0 Å². The van der Waals surface area contributed by atoms with Crippen LogP contribution in [0, 0.1) is 0 Å². The smallest absolute Gasteiger partial charge is 0.227 e. The molecule has 9 aliphatic heterocycles. The molecule has 20 heteroatoms. The van der Waals surface area contributed by atoms with Crippen molar-refractivity contribution in [3.63, 3.8) is 0 Å². The Morgan fingerprint density at radius 2 is 0.753 bits per heavy atom. The van der Waals surface area contributed by atoms with E-state index in [2.05, 4.69) is 45.3 Å². The Hall–Kier alpha value is -2.84. The Morgan fingerprint density at radius 3 is 1.08 bits per heavy atom. The third kappa shape index (κ3) is 14.1. The summed E-state index contributed by atoms with van der Waals surface area (Å²) in [5.41, 5.74) is 2.80. The van der Waals surface area contributed by atoms with Gasteiger partial charge in [0.25, 0.3) is 0 Å². The van der Waals surface area contributed by atoms with Crippen LogP contribution in [0.2, 0.25) is 25.1 Å². The monoisotopic (exact) mass is 1160 g/mol. The molecule has 0 spiro atoms. The van der Waals surface area contributed by atoms with Crippen molar-refractivity contribution in [1.29, 1.82) is 0 Å². The first-order valence-electron chi connectivity index (χ1n) is 28.2. The second-order valence-corrected chi connectivity index (χ2v) is 24.2. The number of rotatable bonds is 9. The molecule has 9 aliphatic rings. The lowest BCUT2D eigenvalue weighted by atomic mass is 9.92. The van der Waals surface area contributed by atoms with Gasteiger partial charge >= 0.3 is 0 Å². The summed E-state index contributed by atoms with van der Waals surface area (Å²) in [4.78, 5) is 53.2. The number of amides is 3. The quantitative estimate of drug-likeness (QED) is 0.234. The molecule has 3 N–H and O–H groups in total. The van der Waals surface area contributed by atoms with Gasteiger partial charge in [-0.3, -0.25) is 29.1 Å². The van der Waals surface area contributed by atoms with E-state index in [-0.39, 0.29) is 66.1 Å². The van der Waals surface area contributed by atoms with Crippen molar-refractivity contribution in [1.82, 2.24) is 45.3 Å². The Morgan fingerprint density at radius 1 is 0.416 bits per heavy atom. The number of ether oxygens (including phenoxy) is 3. The first-order chi connectivity index (χ1) is 37.5. The number of carbonyl (C=O) groups is 3. The van der Waals surface area contributed by atoms with E-state index in [1.165, 1.54) is 38.5 Å². The first-order valence-corrected chi connectivity index (χ1v) is 30.0. The van der Waals surface area contributed by atoms with Gasteiger partial charge in [-0.25, -0.2) is 0 Å². The van der Waals surface area contributed by atoms with Gasteiger partial charge in [-0.15, -0.1) is 0 Å². The van der Waals surface area contributed by atoms with Crippen LogP contribution in [-0.2, 0) is 47.9 Å². The van der Waals surface area contributed by atoms with Crippen LogP contribution in [0.15, 0.2) is 60.7 Å². The van der Waals surface area contributed by atoms with Crippen molar-refractivity contribution in [3.8, 4) is 0 Å². The molecular formula is C57H76Cl5N9O6. The summed E-state index contributed by atoms with van der Waals surface area (Å²) in [7, 11) is 0. The maximum atomic E-state index is 13.1. The number of carbonyl (C=O) groups excluding carboxylic acids is 3. The minimum atomic E-state index is 0.158. The van der Waals surface area contributed by atoms with Gasteiger partial charge in [-0.1, -0.05) is 82.3 Å². The zero-order chi connectivity index (χ0) is 53.4. The Labute approximate surface area is 479 Å². The first kappa shape index (κ1) is 57.4. The number of likely N-dealkylation sites (tertiary alicyclic amines) is 3. The number of hydrogen-bond donors (Lipinski definition) is 3. The predicted octanol–water partition coefficient (Wildman–Crippen LogP) is 5.95. The summed E-state index contributed by atoms with van der Waals surface area (Å²) in [5.74, 6) is 0.516. The molecule has 3 aromatic rings. The third-order valence-electron chi connectivity index (χ3n) is 17.2. The standard InChI is InChI=1S/2C19H25Cl2N3O2.C19H26ClN3O2/c2*20-14-4-3-13(9-15(14)21)10-18(25)24-8-5-22-16-11-26-12-17(19(16)24)23-6-1-2-7-23;20-15-5-3-4-14(10-15)11-18(24)23-9-6-21-16-12-25-13-17(19(16)23)22-7-1-2-8-22/h2*3-4,9,16-17,19,22H,1-2,5-8,10-12H2;3-5,10,16-17,19,21H,1-2,6-9,11-13H2/t3*16-,17+,19+/m101/s1. The average Bonchev–Trinajstić information content (AvgIpc) is 4.33. The molecule has 12 rings (SSSR count). The summed E-state index contributed by atoms with van der Waals surface area (Å²) in [6, 6.07) is 20.6. The number of fused-ring (bicyclic) bond motifs is 3. The number of nitrogens with zero attached hydrogens (tertiary/aromatic N) is 6. The molecule has 0 aliphatic carbocycles. The number of halogens is 5. The number of benzene rings is 3. The molecule has 0 bridgehead atoms. The van der Waals surface area contributed by atoms with Gasteiger partial charge in [-0.2, -0.15) is 0 Å². The molecule has 9 saturated heterocycles. The second-order valence-electron chi connectivity index (χ2n) is 22.1. The normalized spacial score (nSPS) is 29.8. The molecule has 15 nitrogen and oxygen atoms in total. The van der Waals surface area contributed by atoms with Crippen molar-refractivity contribution in [3.05, 3.63) is 102 Å². The van der Waals surface area contributed by atoms with E-state index in [1.54, 1.807) is 24.3 Å². The number of nitrogens with one attached hydrogen (secondary N) is 3. The van der Waals surface area contributed by atoms with Gasteiger partial charge in [0.1, 0.15) is 0 Å². The third-order valence-corrected chi connectivity index (χ3v) is 19.0. The van der Waals surface area contributed by atoms with Gasteiger partial charge in [0.15, 0.2) is 0 Å². The molecular weight excluding hydrogens is 1080 g/mol. The fourth-order valence-corrected chi connectivity index (χ4v) is 14.4. The van der Waals surface area contributed by atoms with Gasteiger partial charge in [0.05, 0.1) is 133 Å². The van der Waals surface area contributed by atoms with Gasteiger partial charge in [-0.05, 0) is 131 Å². The van der Waals surface area contributed by atoms with Crippen LogP contribution in [-0.4, -0.2) is 220 Å². The van der Waals surface area contributed by atoms with E-state index in [4.69, 9.17) is 72.2 Å². The molecule has 9 atom stereocenters. The Kier molecular flexibility index (Phi) is 20.3. The maximum absolute atomic E-state index is 13.1. The molecule has 0 saturated carbocycles. The summed E-state index contributed by atoms with van der Waals surface area (Å²) >= 11 is 30.3. The summed E-state index contributed by atoms with van der Waals surface area (Å²) in [5, 5.41) is 13.4. The largest absolute Gasteiger partial charge is 0.378 e. The lowest BCUT2D eigenvalue weighted by Gasteiger charge is -2.50. The van der Waals surface area contributed by atoms with Crippen LogP contribution in [0.1, 0.15) is 55.2 Å². The summed E-state index contributed by atoms with van der Waals surface area (Å²) < 4.78 is 17.6. The van der Waals surface area contributed by atoms with Gasteiger partial charge < -0.3 is 44.9 Å². The lowest BCUT2D eigenvalue weighted by molar-refractivity contribution is -0.143. The highest BCUT2D eigenvalue weighted by Crippen LogP contribution is 2.31. The topological polar surface area (TPSA) is 134 Å². The predicted molar refractivity (Wildman–Crippen MR) is 304 cm³/mol. The number of piperazine rings is 3. The van der Waals surface area contributed by atoms with Crippen LogP contribution in [0.5, 0.6) is 0 Å². The van der Waals surface area contributed by atoms with Crippen molar-refractivity contribution in [2.75, 3.05) is 118 Å². The van der Waals surface area contributed by atoms with Gasteiger partial charge in [0.2, 0.25) is 17.7 Å². The molecule has 3 aromatic carbocycles. The average molecular weight is 1160 g/mol. The molecule has 0 radical (unpaired) electrons. The van der Waals surface area contributed by atoms with Crippen LogP contribution >= 0.6 is 58.0 Å². The highest BCUT2D eigenvalue weighted by atomic mass is 35.5.